The standard InChI is InChI=1S/C14H23NO9/c1-8(10(13(19)22-3)14(20)23-4)11(12(17)18)15-9(16)7-24-6-5-21-2/h8,10-11H,5-7H2,1-4H3,(H,15,16)(H,17,18)/t8-,11+/m1/s1. The average molecular weight is 349 g/mol. The van der Waals surface area contributed by atoms with Gasteiger partial charge in [0, 0.05) is 13.0 Å². The SMILES string of the molecule is COCCOCC(=O)N[C@H](C(=O)O)[C@H](C)C(C(=O)OC)C(=O)OC. The molecule has 10 heteroatoms. The van der Waals surface area contributed by atoms with E-state index >= 15 is 0 Å². The molecule has 0 spiro atoms. The molecule has 0 fully saturated rings. The summed E-state index contributed by atoms with van der Waals surface area (Å²) in [6.07, 6.45) is 0. The number of esters is 2. The van der Waals surface area contributed by atoms with Crippen molar-refractivity contribution in [3.63, 3.8) is 0 Å². The van der Waals surface area contributed by atoms with E-state index in [1.54, 1.807) is 0 Å². The zero-order chi connectivity index (χ0) is 18.7. The zero-order valence-corrected chi connectivity index (χ0v) is 14.1. The zero-order valence-electron chi connectivity index (χ0n) is 14.1. The van der Waals surface area contributed by atoms with Gasteiger partial charge in [-0.15, -0.1) is 0 Å². The van der Waals surface area contributed by atoms with Crippen molar-refractivity contribution in [2.45, 2.75) is 13.0 Å². The molecule has 2 atom stereocenters. The van der Waals surface area contributed by atoms with Crippen LogP contribution in [0.3, 0.4) is 0 Å². The number of carboxylic acids is 1. The molecule has 0 aliphatic heterocycles. The van der Waals surface area contributed by atoms with E-state index in [2.05, 4.69) is 14.8 Å². The van der Waals surface area contributed by atoms with Gasteiger partial charge in [0.05, 0.1) is 27.4 Å². The van der Waals surface area contributed by atoms with Gasteiger partial charge in [-0.05, 0) is 0 Å². The number of methoxy groups -OCH3 is 3. The Labute approximate surface area is 139 Å². The molecule has 0 aromatic heterocycles. The Balaban J connectivity index is 5.00. The highest BCUT2D eigenvalue weighted by Crippen LogP contribution is 2.19. The topological polar surface area (TPSA) is 137 Å². The Morgan fingerprint density at radius 1 is 1.00 bits per heavy atom. The van der Waals surface area contributed by atoms with E-state index in [4.69, 9.17) is 9.47 Å². The number of carbonyl (C=O) groups excluding carboxylic acids is 3. The second-order valence-corrected chi connectivity index (χ2v) is 4.81. The molecule has 0 bridgehead atoms. The van der Waals surface area contributed by atoms with Gasteiger partial charge in [0.25, 0.3) is 0 Å². The Morgan fingerprint density at radius 2 is 1.54 bits per heavy atom. The van der Waals surface area contributed by atoms with E-state index in [-0.39, 0.29) is 19.8 Å². The Morgan fingerprint density at radius 3 is 1.96 bits per heavy atom. The Kier molecular flexibility index (Phi) is 10.3. The molecule has 0 aromatic rings. The molecular formula is C14H23NO9. The predicted octanol–water partition coefficient (Wildman–Crippen LogP) is -1.18. The summed E-state index contributed by atoms with van der Waals surface area (Å²) in [4.78, 5) is 46.6. The molecule has 0 saturated carbocycles. The maximum atomic E-state index is 11.8. The minimum absolute atomic E-state index is 0.157. The smallest absolute Gasteiger partial charge is 0.326 e. The number of hydrogen-bond donors (Lipinski definition) is 2. The first-order valence-electron chi connectivity index (χ1n) is 7.04. The van der Waals surface area contributed by atoms with Crippen LogP contribution < -0.4 is 5.32 Å². The fourth-order valence-corrected chi connectivity index (χ4v) is 1.91. The molecular weight excluding hydrogens is 326 g/mol. The summed E-state index contributed by atoms with van der Waals surface area (Å²) in [6.45, 7) is 1.37. The summed E-state index contributed by atoms with van der Waals surface area (Å²) < 4.78 is 18.7. The van der Waals surface area contributed by atoms with Crippen molar-refractivity contribution < 1.29 is 43.2 Å². The van der Waals surface area contributed by atoms with Crippen LogP contribution in [0.1, 0.15) is 6.92 Å². The quantitative estimate of drug-likeness (QED) is 0.268. The second kappa shape index (κ2) is 11.4. The summed E-state index contributed by atoms with van der Waals surface area (Å²) in [5.74, 6) is -6.62. The maximum absolute atomic E-state index is 11.8. The lowest BCUT2D eigenvalue weighted by atomic mass is 9.87. The van der Waals surface area contributed by atoms with E-state index in [1.165, 1.54) is 14.0 Å². The minimum Gasteiger partial charge on any atom is -0.480 e. The van der Waals surface area contributed by atoms with Crippen LogP contribution in [-0.4, -0.2) is 76.1 Å². The highest BCUT2D eigenvalue weighted by Gasteiger charge is 2.41. The lowest BCUT2D eigenvalue weighted by Crippen LogP contribution is -2.51. The first-order valence-corrected chi connectivity index (χ1v) is 7.04. The van der Waals surface area contributed by atoms with Crippen LogP contribution in [0.25, 0.3) is 0 Å². The number of aliphatic carboxylic acids is 1. The third kappa shape index (κ3) is 6.92. The van der Waals surface area contributed by atoms with E-state index in [0.29, 0.717) is 0 Å². The average Bonchev–Trinajstić information content (AvgIpc) is 2.55. The molecule has 0 aliphatic carbocycles. The van der Waals surface area contributed by atoms with Gasteiger partial charge in [0.15, 0.2) is 5.92 Å². The molecule has 0 saturated heterocycles. The van der Waals surface area contributed by atoms with Gasteiger partial charge in [0.1, 0.15) is 12.6 Å². The minimum atomic E-state index is -1.51. The predicted molar refractivity (Wildman–Crippen MR) is 78.9 cm³/mol. The molecule has 0 aliphatic rings. The van der Waals surface area contributed by atoms with Crippen molar-refractivity contribution in [1.82, 2.24) is 5.32 Å². The molecule has 10 nitrogen and oxygen atoms in total. The van der Waals surface area contributed by atoms with Crippen LogP contribution in [0.4, 0.5) is 0 Å². The van der Waals surface area contributed by atoms with Gasteiger partial charge in [-0.1, -0.05) is 6.92 Å². The molecule has 0 unspecified atom stereocenters. The lowest BCUT2D eigenvalue weighted by molar-refractivity contribution is -0.163. The largest absolute Gasteiger partial charge is 0.480 e. The third-order valence-electron chi connectivity index (χ3n) is 3.21. The number of carboxylic acid groups (broad SMARTS) is 1. The van der Waals surface area contributed by atoms with Gasteiger partial charge >= 0.3 is 17.9 Å². The number of ether oxygens (including phenoxy) is 4. The van der Waals surface area contributed by atoms with Crippen molar-refractivity contribution in [2.24, 2.45) is 11.8 Å². The van der Waals surface area contributed by atoms with Crippen molar-refractivity contribution in [1.29, 1.82) is 0 Å². The molecule has 1 amide bonds. The van der Waals surface area contributed by atoms with Gasteiger partial charge in [-0.3, -0.25) is 14.4 Å². The normalized spacial score (nSPS) is 13.0. The summed E-state index contributed by atoms with van der Waals surface area (Å²) in [5.41, 5.74) is 0. The van der Waals surface area contributed by atoms with Crippen LogP contribution in [0.5, 0.6) is 0 Å². The van der Waals surface area contributed by atoms with Gasteiger partial charge in [0.2, 0.25) is 5.91 Å². The van der Waals surface area contributed by atoms with Crippen molar-refractivity contribution in [3.05, 3.63) is 0 Å². The van der Waals surface area contributed by atoms with Crippen LogP contribution in [-0.2, 0) is 38.1 Å². The van der Waals surface area contributed by atoms with E-state index < -0.39 is 41.7 Å². The van der Waals surface area contributed by atoms with Crippen molar-refractivity contribution in [2.75, 3.05) is 41.2 Å². The number of carbonyl (C=O) groups is 4. The second-order valence-electron chi connectivity index (χ2n) is 4.81. The summed E-state index contributed by atoms with van der Waals surface area (Å²) in [5, 5.41) is 11.5. The monoisotopic (exact) mass is 349 g/mol. The Bertz CT molecular complexity index is 436. The fraction of sp³-hybridized carbons (Fsp3) is 0.714. The summed E-state index contributed by atoms with van der Waals surface area (Å²) in [7, 11) is 3.58. The van der Waals surface area contributed by atoms with E-state index in [1.807, 2.05) is 0 Å². The molecule has 0 rings (SSSR count). The molecule has 2 N–H and O–H groups in total. The first-order chi connectivity index (χ1) is 11.3. The van der Waals surface area contributed by atoms with Crippen molar-refractivity contribution in [3.8, 4) is 0 Å². The number of amides is 1. The first kappa shape index (κ1) is 21.8. The van der Waals surface area contributed by atoms with Gasteiger partial charge < -0.3 is 29.4 Å². The van der Waals surface area contributed by atoms with Crippen LogP contribution in [0.2, 0.25) is 0 Å². The third-order valence-corrected chi connectivity index (χ3v) is 3.21. The van der Waals surface area contributed by atoms with Crippen LogP contribution in [0, 0.1) is 11.8 Å². The highest BCUT2D eigenvalue weighted by atomic mass is 16.5. The molecule has 0 heterocycles. The molecule has 0 aromatic carbocycles. The highest BCUT2D eigenvalue weighted by molar-refractivity contribution is 5.96. The Hall–Kier alpha value is -2.20. The number of hydrogen-bond acceptors (Lipinski definition) is 8. The molecule has 24 heavy (non-hydrogen) atoms. The van der Waals surface area contributed by atoms with Gasteiger partial charge in [-0.25, -0.2) is 4.79 Å². The fourth-order valence-electron chi connectivity index (χ4n) is 1.91. The molecule has 138 valence electrons. The van der Waals surface area contributed by atoms with E-state index in [0.717, 1.165) is 14.2 Å². The van der Waals surface area contributed by atoms with Gasteiger partial charge in [-0.2, -0.15) is 0 Å². The van der Waals surface area contributed by atoms with Crippen LogP contribution >= 0.6 is 0 Å². The maximum Gasteiger partial charge on any atom is 0.326 e. The number of nitrogens with one attached hydrogen (secondary N) is 1. The van der Waals surface area contributed by atoms with Crippen molar-refractivity contribution >= 4 is 23.8 Å². The molecule has 0 radical (unpaired) electrons. The van der Waals surface area contributed by atoms with Crippen LogP contribution in [0.15, 0.2) is 0 Å². The van der Waals surface area contributed by atoms with E-state index in [9.17, 15) is 24.3 Å². The lowest BCUT2D eigenvalue weighted by Gasteiger charge is -2.25. The summed E-state index contributed by atoms with van der Waals surface area (Å²) in [6, 6.07) is -1.51. The number of rotatable bonds is 11. The summed E-state index contributed by atoms with van der Waals surface area (Å²) >= 11 is 0.